The number of aliphatic hydroxyl groups is 1. The molecule has 0 saturated carbocycles. The van der Waals surface area contributed by atoms with Crippen LogP contribution in [0, 0.1) is 0 Å². The molecule has 0 spiro atoms. The number of nitrogens with zero attached hydrogens (tertiary/aromatic N) is 2. The number of sulfonamides is 1. The number of hydrogen-bond donors (Lipinski definition) is 2. The molecule has 0 atom stereocenters. The normalized spacial score (nSPS) is 13.1. The van der Waals surface area contributed by atoms with E-state index in [0.29, 0.717) is 0 Å². The molecule has 8 heteroatoms. The van der Waals surface area contributed by atoms with E-state index in [0.717, 1.165) is 10.4 Å². The highest BCUT2D eigenvalue weighted by Gasteiger charge is 2.35. The van der Waals surface area contributed by atoms with Gasteiger partial charge in [0, 0.05) is 19.3 Å². The highest BCUT2D eigenvalue weighted by atomic mass is 32.2. The van der Waals surface area contributed by atoms with E-state index in [-0.39, 0.29) is 23.2 Å². The van der Waals surface area contributed by atoms with E-state index in [1.54, 1.807) is 27.7 Å². The Balaban J connectivity index is 3.40. The zero-order chi connectivity index (χ0) is 16.6. The molecule has 1 aromatic rings. The molecule has 0 radical (unpaired) electrons. The minimum Gasteiger partial charge on any atom is -0.477 e. The van der Waals surface area contributed by atoms with Gasteiger partial charge in [-0.15, -0.1) is 0 Å². The van der Waals surface area contributed by atoms with E-state index in [1.165, 1.54) is 17.8 Å². The van der Waals surface area contributed by atoms with Crippen LogP contribution in [0.1, 0.15) is 44.2 Å². The summed E-state index contributed by atoms with van der Waals surface area (Å²) in [6, 6.07) is 0.956. The van der Waals surface area contributed by atoms with Gasteiger partial charge in [0.2, 0.25) is 10.0 Å². The van der Waals surface area contributed by atoms with E-state index < -0.39 is 21.5 Å². The van der Waals surface area contributed by atoms with Gasteiger partial charge in [-0.1, -0.05) is 0 Å². The van der Waals surface area contributed by atoms with Gasteiger partial charge < -0.3 is 14.8 Å². The van der Waals surface area contributed by atoms with Crippen LogP contribution in [0.3, 0.4) is 0 Å². The number of aromatic nitrogens is 1. The van der Waals surface area contributed by atoms with Gasteiger partial charge >= 0.3 is 5.97 Å². The van der Waals surface area contributed by atoms with E-state index >= 15 is 0 Å². The maximum Gasteiger partial charge on any atom is 0.352 e. The summed E-state index contributed by atoms with van der Waals surface area (Å²) in [5.41, 5.74) is -1.07. The minimum atomic E-state index is -3.89. The van der Waals surface area contributed by atoms with Crippen LogP contribution in [0.4, 0.5) is 0 Å². The molecule has 0 unspecified atom stereocenters. The van der Waals surface area contributed by atoms with E-state index in [1.807, 2.05) is 0 Å². The summed E-state index contributed by atoms with van der Waals surface area (Å²) in [5, 5.41) is 18.5. The maximum absolute atomic E-state index is 12.6. The maximum atomic E-state index is 12.6. The Bertz CT molecular complexity index is 631. The number of carbonyl (C=O) groups is 1. The molecule has 0 aliphatic carbocycles. The summed E-state index contributed by atoms with van der Waals surface area (Å²) in [6.07, 6.45) is 1.31. The molecule has 0 fully saturated rings. The number of carboxylic acid groups (broad SMARTS) is 1. The summed E-state index contributed by atoms with van der Waals surface area (Å²) in [6.45, 7) is 6.36. The molecule has 1 aromatic heterocycles. The second-order valence-electron chi connectivity index (χ2n) is 5.81. The van der Waals surface area contributed by atoms with Crippen molar-refractivity contribution in [3.8, 4) is 0 Å². The molecule has 21 heavy (non-hydrogen) atoms. The van der Waals surface area contributed by atoms with Gasteiger partial charge in [-0.05, 0) is 33.8 Å². The van der Waals surface area contributed by atoms with Crippen molar-refractivity contribution in [3.05, 3.63) is 18.0 Å². The van der Waals surface area contributed by atoms with E-state index in [4.69, 9.17) is 5.11 Å². The first kappa shape index (κ1) is 17.7. The number of aliphatic hydroxyl groups excluding tert-OH is 1. The lowest BCUT2D eigenvalue weighted by atomic mass is 10.1. The van der Waals surface area contributed by atoms with Crippen molar-refractivity contribution < 1.29 is 23.4 Å². The first-order chi connectivity index (χ1) is 9.45. The molecule has 1 heterocycles. The van der Waals surface area contributed by atoms with Gasteiger partial charge in [-0.2, -0.15) is 4.31 Å². The zero-order valence-corrected chi connectivity index (χ0v) is 13.7. The van der Waals surface area contributed by atoms with Gasteiger partial charge in [0.25, 0.3) is 0 Å². The molecule has 0 aliphatic rings. The zero-order valence-electron chi connectivity index (χ0n) is 12.9. The predicted octanol–water partition coefficient (Wildman–Crippen LogP) is 1.16. The summed E-state index contributed by atoms with van der Waals surface area (Å²) >= 11 is 0. The van der Waals surface area contributed by atoms with Crippen molar-refractivity contribution >= 4 is 16.0 Å². The van der Waals surface area contributed by atoms with Crippen molar-refractivity contribution in [2.24, 2.45) is 0 Å². The van der Waals surface area contributed by atoms with Gasteiger partial charge in [-0.25, -0.2) is 13.2 Å². The van der Waals surface area contributed by atoms with Gasteiger partial charge in [0.1, 0.15) is 10.6 Å². The van der Waals surface area contributed by atoms with Crippen molar-refractivity contribution in [1.82, 2.24) is 8.87 Å². The Morgan fingerprint density at radius 2 is 1.95 bits per heavy atom. The van der Waals surface area contributed by atoms with Gasteiger partial charge in [-0.3, -0.25) is 0 Å². The fraction of sp³-hybridized carbons (Fsp3) is 0.615. The lowest BCUT2D eigenvalue weighted by molar-refractivity contribution is 0.0683. The lowest BCUT2D eigenvalue weighted by Crippen LogP contribution is -2.47. The van der Waals surface area contributed by atoms with E-state index in [2.05, 4.69) is 0 Å². The molecule has 120 valence electrons. The second kappa shape index (κ2) is 5.78. The first-order valence-electron chi connectivity index (χ1n) is 6.50. The molecular weight excluding hydrogens is 296 g/mol. The summed E-state index contributed by atoms with van der Waals surface area (Å²) in [5.74, 6) is -1.19. The third-order valence-electron chi connectivity index (χ3n) is 3.50. The minimum absolute atomic E-state index is 0.0845. The average Bonchev–Trinajstić information content (AvgIpc) is 2.83. The van der Waals surface area contributed by atoms with Crippen molar-refractivity contribution in [2.45, 2.75) is 44.2 Å². The fourth-order valence-electron chi connectivity index (χ4n) is 1.78. The summed E-state index contributed by atoms with van der Waals surface area (Å²) in [7, 11) is -2.53. The molecule has 0 aromatic carbocycles. The standard InChI is InChI=1S/C13H22N2O5S/c1-9(2)15-7-10(6-11(15)12(17)18)21(19,20)14(5)13(3,4)8-16/h6-7,9,16H,8H2,1-5H3,(H,17,18). The average molecular weight is 318 g/mol. The first-order valence-corrected chi connectivity index (χ1v) is 7.94. The number of hydrogen-bond acceptors (Lipinski definition) is 4. The fourth-order valence-corrected chi connectivity index (χ4v) is 3.31. The quantitative estimate of drug-likeness (QED) is 0.820. The van der Waals surface area contributed by atoms with Gasteiger partial charge in [0.15, 0.2) is 0 Å². The van der Waals surface area contributed by atoms with Crippen LogP contribution in [0.25, 0.3) is 0 Å². The number of carboxylic acids is 1. The van der Waals surface area contributed by atoms with Gasteiger partial charge in [0.05, 0.1) is 12.1 Å². The number of aromatic carboxylic acids is 1. The van der Waals surface area contributed by atoms with Crippen LogP contribution >= 0.6 is 0 Å². The highest BCUT2D eigenvalue weighted by molar-refractivity contribution is 7.89. The van der Waals surface area contributed by atoms with Crippen molar-refractivity contribution in [3.63, 3.8) is 0 Å². The number of likely N-dealkylation sites (N-methyl/N-ethyl adjacent to an activating group) is 1. The SMILES string of the molecule is CC(C)n1cc(S(=O)(=O)N(C)C(C)(C)CO)cc1C(=O)O. The molecule has 0 amide bonds. The molecule has 0 saturated heterocycles. The molecule has 0 aliphatic heterocycles. The molecule has 0 bridgehead atoms. The molecule has 2 N–H and O–H groups in total. The summed E-state index contributed by atoms with van der Waals surface area (Å²) < 4.78 is 27.6. The molecule has 1 rings (SSSR count). The van der Waals surface area contributed by atoms with Crippen molar-refractivity contribution in [1.29, 1.82) is 0 Å². The largest absolute Gasteiger partial charge is 0.477 e. The third kappa shape index (κ3) is 3.28. The van der Waals surface area contributed by atoms with Crippen molar-refractivity contribution in [2.75, 3.05) is 13.7 Å². The highest BCUT2D eigenvalue weighted by Crippen LogP contribution is 2.25. The topological polar surface area (TPSA) is 99.8 Å². The Hall–Kier alpha value is -1.38. The van der Waals surface area contributed by atoms with Crippen LogP contribution in [-0.2, 0) is 10.0 Å². The monoisotopic (exact) mass is 318 g/mol. The second-order valence-corrected chi connectivity index (χ2v) is 7.78. The van der Waals surface area contributed by atoms with Crippen LogP contribution in [0.2, 0.25) is 0 Å². The smallest absolute Gasteiger partial charge is 0.352 e. The Morgan fingerprint density at radius 1 is 1.43 bits per heavy atom. The van der Waals surface area contributed by atoms with Crippen LogP contribution in [0.15, 0.2) is 17.2 Å². The Morgan fingerprint density at radius 3 is 2.29 bits per heavy atom. The predicted molar refractivity (Wildman–Crippen MR) is 77.9 cm³/mol. The number of rotatable bonds is 6. The third-order valence-corrected chi connectivity index (χ3v) is 5.53. The lowest BCUT2D eigenvalue weighted by Gasteiger charge is -2.32. The van der Waals surface area contributed by atoms with Crippen LogP contribution in [-0.4, -0.2) is 52.7 Å². The Kier molecular flexibility index (Phi) is 4.87. The summed E-state index contributed by atoms with van der Waals surface area (Å²) in [4.78, 5) is 11.1. The Labute approximate surface area is 124 Å². The molecular formula is C13H22N2O5S. The van der Waals surface area contributed by atoms with Crippen LogP contribution in [0.5, 0.6) is 0 Å². The van der Waals surface area contributed by atoms with Crippen LogP contribution < -0.4 is 0 Å². The molecule has 7 nitrogen and oxygen atoms in total. The van der Waals surface area contributed by atoms with E-state index in [9.17, 15) is 18.3 Å².